The highest BCUT2D eigenvalue weighted by Crippen LogP contribution is 2.36. The van der Waals surface area contributed by atoms with Gasteiger partial charge in [-0.05, 0) is 43.3 Å². The maximum absolute atomic E-state index is 12.1. The summed E-state index contributed by atoms with van der Waals surface area (Å²) in [5.41, 5.74) is 0. The van der Waals surface area contributed by atoms with Gasteiger partial charge in [-0.1, -0.05) is 39.8 Å². The maximum Gasteiger partial charge on any atom is 0.306 e. The number of Topliss-reactive ketones (excluding diaryl/α,β-unsaturated/α-hetero) is 1. The van der Waals surface area contributed by atoms with E-state index in [1.807, 2.05) is 0 Å². The third-order valence-corrected chi connectivity index (χ3v) is 11.2. The van der Waals surface area contributed by atoms with Crippen molar-refractivity contribution in [3.05, 3.63) is 12.2 Å². The number of carbonyl (C=O) groups excluding carboxylic acids is 2. The minimum Gasteiger partial charge on any atom is -0.463 e. The first-order valence-corrected chi connectivity index (χ1v) is 15.7. The lowest BCUT2D eigenvalue weighted by Gasteiger charge is -2.36. The van der Waals surface area contributed by atoms with Gasteiger partial charge in [0, 0.05) is 18.8 Å². The Morgan fingerprint density at radius 1 is 0.941 bits per heavy atom. The lowest BCUT2D eigenvalue weighted by Crippen LogP contribution is -2.41. The van der Waals surface area contributed by atoms with E-state index in [-0.39, 0.29) is 35.2 Å². The van der Waals surface area contributed by atoms with Crippen molar-refractivity contribution in [2.45, 2.75) is 77.9 Å². The van der Waals surface area contributed by atoms with Crippen LogP contribution in [0.3, 0.4) is 0 Å². The number of allylic oxidation sites excluding steroid dienone is 2. The molecule has 0 spiro atoms. The molecular formula is C26H48O7Si. The van der Waals surface area contributed by atoms with E-state index in [4.69, 9.17) is 23.4 Å². The van der Waals surface area contributed by atoms with Crippen LogP contribution < -0.4 is 0 Å². The van der Waals surface area contributed by atoms with E-state index in [9.17, 15) is 9.59 Å². The molecular weight excluding hydrogens is 452 g/mol. The molecule has 1 aliphatic rings. The molecule has 0 radical (unpaired) electrons. The molecule has 0 N–H and O–H groups in total. The molecule has 1 rings (SSSR count). The number of hydrogen-bond acceptors (Lipinski definition) is 7. The van der Waals surface area contributed by atoms with Crippen LogP contribution in [0.25, 0.3) is 0 Å². The number of carbonyl (C=O) groups is 2. The topological polar surface area (TPSA) is 80.3 Å². The molecule has 1 saturated carbocycles. The Bertz CT molecular complexity index is 613. The van der Waals surface area contributed by atoms with Gasteiger partial charge in [0.15, 0.2) is 8.32 Å². The molecule has 0 saturated heterocycles. The molecule has 0 aromatic carbocycles. The van der Waals surface area contributed by atoms with Crippen LogP contribution in [0.4, 0.5) is 0 Å². The van der Waals surface area contributed by atoms with Crippen LogP contribution in [-0.4, -0.2) is 72.9 Å². The van der Waals surface area contributed by atoms with Crippen molar-refractivity contribution in [3.63, 3.8) is 0 Å². The maximum atomic E-state index is 12.1. The number of ketones is 1. The Kier molecular flexibility index (Phi) is 15.1. The molecule has 0 heterocycles. The summed E-state index contributed by atoms with van der Waals surface area (Å²) in [6.45, 7) is 16.9. The summed E-state index contributed by atoms with van der Waals surface area (Å²) in [6.07, 6.45) is 7.46. The second-order valence-electron chi connectivity index (χ2n) is 10.4. The van der Waals surface area contributed by atoms with Crippen molar-refractivity contribution in [1.29, 1.82) is 0 Å². The smallest absolute Gasteiger partial charge is 0.306 e. The minimum absolute atomic E-state index is 0.0440. The number of ether oxygens (including phenoxy) is 4. The molecule has 0 aromatic heterocycles. The number of rotatable bonds is 18. The van der Waals surface area contributed by atoms with Crippen LogP contribution in [0.5, 0.6) is 0 Å². The largest absolute Gasteiger partial charge is 0.463 e. The summed E-state index contributed by atoms with van der Waals surface area (Å²) < 4.78 is 27.8. The van der Waals surface area contributed by atoms with E-state index in [1.54, 1.807) is 0 Å². The molecule has 0 aliphatic heterocycles. The van der Waals surface area contributed by atoms with Gasteiger partial charge in [0.1, 0.15) is 12.4 Å². The van der Waals surface area contributed by atoms with Gasteiger partial charge in [0.25, 0.3) is 0 Å². The Morgan fingerprint density at radius 2 is 1.50 bits per heavy atom. The van der Waals surface area contributed by atoms with Crippen molar-refractivity contribution in [2.24, 2.45) is 11.8 Å². The lowest BCUT2D eigenvalue weighted by molar-refractivity contribution is -0.146. The van der Waals surface area contributed by atoms with Gasteiger partial charge in [0.05, 0.1) is 46.2 Å². The van der Waals surface area contributed by atoms with Crippen LogP contribution in [-0.2, 0) is 33.0 Å². The normalized spacial score (nSPS) is 19.3. The van der Waals surface area contributed by atoms with Gasteiger partial charge in [-0.2, -0.15) is 0 Å². The Hall–Kier alpha value is -1.06. The minimum atomic E-state index is -1.71. The molecule has 1 aliphatic carbocycles. The fourth-order valence-corrected chi connectivity index (χ4v) is 4.58. The Morgan fingerprint density at radius 3 is 2.06 bits per heavy atom. The van der Waals surface area contributed by atoms with Crippen molar-refractivity contribution < 1.29 is 33.0 Å². The highest BCUT2D eigenvalue weighted by atomic mass is 28.4. The summed E-state index contributed by atoms with van der Waals surface area (Å²) in [6, 6.07) is 0. The van der Waals surface area contributed by atoms with E-state index in [2.05, 4.69) is 52.9 Å². The SMILES string of the molecule is CC/C=C\CC1C(=O)CCC1CC(=O)OCCOCCOCCOCCO[Si](C)(C)C(C)(C)C. The van der Waals surface area contributed by atoms with Gasteiger partial charge in [-0.15, -0.1) is 0 Å². The predicted octanol–water partition coefficient (Wildman–Crippen LogP) is 4.94. The number of esters is 1. The third kappa shape index (κ3) is 12.6. The van der Waals surface area contributed by atoms with E-state index in [0.717, 1.165) is 19.3 Å². The zero-order valence-electron chi connectivity index (χ0n) is 22.4. The lowest BCUT2D eigenvalue weighted by atomic mass is 9.89. The van der Waals surface area contributed by atoms with E-state index >= 15 is 0 Å². The van der Waals surface area contributed by atoms with Crippen molar-refractivity contribution >= 4 is 20.1 Å². The zero-order chi connectivity index (χ0) is 25.5. The van der Waals surface area contributed by atoms with Gasteiger partial charge in [-0.25, -0.2) is 0 Å². The first-order valence-electron chi connectivity index (χ1n) is 12.8. The molecule has 198 valence electrons. The Labute approximate surface area is 208 Å². The van der Waals surface area contributed by atoms with Crippen molar-refractivity contribution in [1.82, 2.24) is 0 Å². The summed E-state index contributed by atoms with van der Waals surface area (Å²) in [7, 11) is -1.71. The zero-order valence-corrected chi connectivity index (χ0v) is 23.4. The average Bonchev–Trinajstić information content (AvgIpc) is 3.10. The first-order chi connectivity index (χ1) is 16.1. The molecule has 0 amide bonds. The van der Waals surface area contributed by atoms with Crippen LogP contribution >= 0.6 is 0 Å². The molecule has 8 heteroatoms. The summed E-state index contributed by atoms with van der Waals surface area (Å²) in [5, 5.41) is 0.208. The molecule has 0 aromatic rings. The second-order valence-corrected chi connectivity index (χ2v) is 15.2. The van der Waals surface area contributed by atoms with Crippen LogP contribution in [0.1, 0.15) is 59.8 Å². The highest BCUT2D eigenvalue weighted by Gasteiger charge is 2.37. The monoisotopic (exact) mass is 500 g/mol. The molecule has 2 atom stereocenters. The molecule has 7 nitrogen and oxygen atoms in total. The molecule has 0 bridgehead atoms. The summed E-state index contributed by atoms with van der Waals surface area (Å²) in [5.74, 6) is 0.0690. The predicted molar refractivity (Wildman–Crippen MR) is 136 cm³/mol. The average molecular weight is 501 g/mol. The summed E-state index contributed by atoms with van der Waals surface area (Å²) >= 11 is 0. The van der Waals surface area contributed by atoms with Crippen LogP contribution in [0, 0.1) is 11.8 Å². The number of hydrogen-bond donors (Lipinski definition) is 0. The third-order valence-electron chi connectivity index (χ3n) is 6.70. The van der Waals surface area contributed by atoms with Gasteiger partial charge >= 0.3 is 5.97 Å². The Balaban J connectivity index is 1.97. The highest BCUT2D eigenvalue weighted by molar-refractivity contribution is 6.74. The van der Waals surface area contributed by atoms with Crippen molar-refractivity contribution in [2.75, 3.05) is 52.9 Å². The van der Waals surface area contributed by atoms with Crippen LogP contribution in [0.15, 0.2) is 12.2 Å². The van der Waals surface area contributed by atoms with E-state index in [1.165, 1.54) is 0 Å². The van der Waals surface area contributed by atoms with Gasteiger partial charge in [0.2, 0.25) is 0 Å². The summed E-state index contributed by atoms with van der Waals surface area (Å²) in [4.78, 5) is 24.2. The van der Waals surface area contributed by atoms with E-state index in [0.29, 0.717) is 59.1 Å². The van der Waals surface area contributed by atoms with Gasteiger partial charge in [-0.3, -0.25) is 9.59 Å². The first kappa shape index (κ1) is 31.0. The molecule has 34 heavy (non-hydrogen) atoms. The van der Waals surface area contributed by atoms with Gasteiger partial charge < -0.3 is 23.4 Å². The fourth-order valence-electron chi connectivity index (χ4n) is 3.56. The molecule has 2 unspecified atom stereocenters. The molecule has 1 fully saturated rings. The van der Waals surface area contributed by atoms with Crippen LogP contribution in [0.2, 0.25) is 18.1 Å². The fraction of sp³-hybridized carbons (Fsp3) is 0.846. The van der Waals surface area contributed by atoms with E-state index < -0.39 is 8.32 Å². The standard InChI is InChI=1S/C26H48O7Si/c1-7-8-9-10-23-22(11-12-24(23)27)21-25(28)32-19-17-30-15-13-29-14-16-31-18-20-33-34(5,6)26(2,3)4/h8-9,22-23H,7,10-21H2,1-6H3/b9-8-. The van der Waals surface area contributed by atoms with Crippen molar-refractivity contribution in [3.8, 4) is 0 Å². The quantitative estimate of drug-likeness (QED) is 0.114. The second kappa shape index (κ2) is 16.6.